The van der Waals surface area contributed by atoms with E-state index in [4.69, 9.17) is 0 Å². The van der Waals surface area contributed by atoms with Gasteiger partial charge in [0.05, 0.1) is 4.92 Å². The maximum atomic E-state index is 11.0. The molecule has 1 N–H and O–H groups in total. The van der Waals surface area contributed by atoms with Crippen LogP contribution in [0.25, 0.3) is 0 Å². The van der Waals surface area contributed by atoms with Gasteiger partial charge in [0, 0.05) is 24.2 Å². The van der Waals surface area contributed by atoms with Gasteiger partial charge in [-0.2, -0.15) is 0 Å². The number of nitro benzene ring substituents is 1. The number of benzene rings is 1. The third kappa shape index (κ3) is 4.02. The molecule has 0 saturated carbocycles. The van der Waals surface area contributed by atoms with E-state index in [2.05, 4.69) is 24.1 Å². The lowest BCUT2D eigenvalue weighted by molar-refractivity contribution is -0.385. The minimum absolute atomic E-state index is 0.139. The van der Waals surface area contributed by atoms with Gasteiger partial charge >= 0.3 is 0 Å². The molecule has 1 fully saturated rings. The van der Waals surface area contributed by atoms with Crippen molar-refractivity contribution in [2.24, 2.45) is 5.92 Å². The lowest BCUT2D eigenvalue weighted by Gasteiger charge is -2.18. The van der Waals surface area contributed by atoms with Crippen molar-refractivity contribution in [3.05, 3.63) is 39.4 Å². The first-order valence-corrected chi connectivity index (χ1v) is 7.72. The van der Waals surface area contributed by atoms with Crippen LogP contribution in [0.4, 0.5) is 5.69 Å². The van der Waals surface area contributed by atoms with Gasteiger partial charge in [0.1, 0.15) is 0 Å². The van der Waals surface area contributed by atoms with Gasteiger partial charge in [-0.25, -0.2) is 0 Å². The molecule has 0 aliphatic carbocycles. The zero-order valence-electron chi connectivity index (χ0n) is 13.1. The van der Waals surface area contributed by atoms with E-state index in [1.165, 1.54) is 13.0 Å². The van der Waals surface area contributed by atoms with E-state index in [-0.39, 0.29) is 16.7 Å². The van der Waals surface area contributed by atoms with Crippen molar-refractivity contribution in [1.29, 1.82) is 0 Å². The fourth-order valence-corrected chi connectivity index (χ4v) is 2.92. The minimum Gasteiger partial charge on any atom is -0.310 e. The molecule has 0 spiro atoms. The van der Waals surface area contributed by atoms with Gasteiger partial charge in [0.2, 0.25) is 0 Å². The highest BCUT2D eigenvalue weighted by Gasteiger charge is 2.22. The fourth-order valence-electron chi connectivity index (χ4n) is 2.92. The molecule has 2 atom stereocenters. The number of nitrogens with one attached hydrogen (secondary N) is 1. The molecule has 5 heteroatoms. The summed E-state index contributed by atoms with van der Waals surface area (Å²) in [7, 11) is 0. The second kappa shape index (κ2) is 7.00. The van der Waals surface area contributed by atoms with Crippen LogP contribution < -0.4 is 5.32 Å². The predicted octanol–water partition coefficient (Wildman–Crippen LogP) is 2.90. The number of hydrogen-bond donors (Lipinski definition) is 1. The average molecular weight is 291 g/mol. The highest BCUT2D eigenvalue weighted by Crippen LogP contribution is 2.24. The van der Waals surface area contributed by atoms with Crippen LogP contribution in [0.2, 0.25) is 0 Å². The Labute approximate surface area is 126 Å². The Morgan fingerprint density at radius 2 is 2.29 bits per heavy atom. The molecule has 2 rings (SSSR count). The lowest BCUT2D eigenvalue weighted by Crippen LogP contribution is -2.28. The molecule has 116 valence electrons. The number of hydrogen-bond acceptors (Lipinski definition) is 4. The molecule has 0 amide bonds. The molecule has 0 radical (unpaired) electrons. The summed E-state index contributed by atoms with van der Waals surface area (Å²) in [4.78, 5) is 13.2. The summed E-state index contributed by atoms with van der Waals surface area (Å²) in [6.07, 6.45) is 1.24. The zero-order valence-corrected chi connectivity index (χ0v) is 13.1. The van der Waals surface area contributed by atoms with Gasteiger partial charge in [0.25, 0.3) is 5.69 Å². The molecule has 1 aromatic rings. The highest BCUT2D eigenvalue weighted by molar-refractivity contribution is 5.43. The monoisotopic (exact) mass is 291 g/mol. The van der Waals surface area contributed by atoms with Crippen molar-refractivity contribution in [3.63, 3.8) is 0 Å². The maximum absolute atomic E-state index is 11.0. The second-order valence-corrected chi connectivity index (χ2v) is 5.98. The fraction of sp³-hybridized carbons (Fsp3) is 0.625. The average Bonchev–Trinajstić information content (AvgIpc) is 2.93. The van der Waals surface area contributed by atoms with Gasteiger partial charge in [-0.1, -0.05) is 19.1 Å². The van der Waals surface area contributed by atoms with E-state index in [1.807, 2.05) is 12.1 Å². The van der Waals surface area contributed by atoms with Gasteiger partial charge in [-0.3, -0.25) is 10.1 Å². The van der Waals surface area contributed by atoms with Gasteiger partial charge in [0.15, 0.2) is 0 Å². The molecule has 1 aliphatic rings. The lowest BCUT2D eigenvalue weighted by atomic mass is 10.0. The Balaban J connectivity index is 1.93. The molecule has 21 heavy (non-hydrogen) atoms. The second-order valence-electron chi connectivity index (χ2n) is 5.98. The van der Waals surface area contributed by atoms with Crippen molar-refractivity contribution >= 4 is 5.69 Å². The number of aryl methyl sites for hydroxylation is 1. The number of nitrogens with zero attached hydrogens (tertiary/aromatic N) is 2. The van der Waals surface area contributed by atoms with Crippen LogP contribution in [0.5, 0.6) is 0 Å². The van der Waals surface area contributed by atoms with Gasteiger partial charge in [-0.05, 0) is 51.4 Å². The first-order chi connectivity index (χ1) is 10.0. The predicted molar refractivity (Wildman–Crippen MR) is 84.5 cm³/mol. The molecular weight excluding hydrogens is 266 g/mol. The molecule has 0 aromatic heterocycles. The quantitative estimate of drug-likeness (QED) is 0.647. The van der Waals surface area contributed by atoms with E-state index in [0.29, 0.717) is 11.5 Å². The molecule has 1 saturated heterocycles. The Kier molecular flexibility index (Phi) is 5.31. The van der Waals surface area contributed by atoms with Crippen LogP contribution >= 0.6 is 0 Å². The van der Waals surface area contributed by atoms with Crippen molar-refractivity contribution in [2.45, 2.75) is 33.2 Å². The number of likely N-dealkylation sites (tertiary alicyclic amines) is 1. The summed E-state index contributed by atoms with van der Waals surface area (Å²) in [5, 5.41) is 14.5. The summed E-state index contributed by atoms with van der Waals surface area (Å²) < 4.78 is 0. The van der Waals surface area contributed by atoms with E-state index in [9.17, 15) is 10.1 Å². The Hall–Kier alpha value is -1.46. The van der Waals surface area contributed by atoms with Gasteiger partial charge < -0.3 is 10.2 Å². The third-order valence-electron chi connectivity index (χ3n) is 4.46. The van der Waals surface area contributed by atoms with Crippen LogP contribution in [0.1, 0.15) is 37.4 Å². The molecule has 1 aliphatic heterocycles. The van der Waals surface area contributed by atoms with Crippen LogP contribution in [0.15, 0.2) is 18.2 Å². The highest BCUT2D eigenvalue weighted by atomic mass is 16.6. The van der Waals surface area contributed by atoms with Gasteiger partial charge in [-0.15, -0.1) is 0 Å². The summed E-state index contributed by atoms with van der Waals surface area (Å²) in [6, 6.07) is 5.65. The molecule has 1 aromatic carbocycles. The smallest absolute Gasteiger partial charge is 0.272 e. The zero-order chi connectivity index (χ0) is 15.4. The molecule has 0 bridgehead atoms. The van der Waals surface area contributed by atoms with Crippen LogP contribution in [-0.2, 0) is 0 Å². The first kappa shape index (κ1) is 15.9. The van der Waals surface area contributed by atoms with E-state index < -0.39 is 0 Å². The summed E-state index contributed by atoms with van der Waals surface area (Å²) in [5.74, 6) is 0.688. The standard InChI is InChI=1S/C16H25N3O2/c1-4-18-8-7-14(11-18)10-17-13(3)15-6-5-12(2)16(9-15)19(20)21/h5-6,9,13-14,17H,4,7-8,10-11H2,1-3H3. The number of rotatable bonds is 6. The molecule has 5 nitrogen and oxygen atoms in total. The van der Waals surface area contributed by atoms with Crippen molar-refractivity contribution < 1.29 is 4.92 Å². The van der Waals surface area contributed by atoms with Crippen LogP contribution in [-0.4, -0.2) is 36.0 Å². The largest absolute Gasteiger partial charge is 0.310 e. The van der Waals surface area contributed by atoms with E-state index in [1.54, 1.807) is 13.0 Å². The maximum Gasteiger partial charge on any atom is 0.272 e. The van der Waals surface area contributed by atoms with Crippen molar-refractivity contribution in [3.8, 4) is 0 Å². The molecular formula is C16H25N3O2. The normalized spacial score (nSPS) is 20.6. The number of nitro groups is 1. The summed E-state index contributed by atoms with van der Waals surface area (Å²) in [6.45, 7) is 10.5. The molecule has 2 unspecified atom stereocenters. The van der Waals surface area contributed by atoms with Crippen LogP contribution in [0, 0.1) is 23.0 Å². The van der Waals surface area contributed by atoms with E-state index >= 15 is 0 Å². The Bertz CT molecular complexity index is 504. The summed E-state index contributed by atoms with van der Waals surface area (Å²) in [5.41, 5.74) is 1.90. The Morgan fingerprint density at radius 1 is 1.52 bits per heavy atom. The SMILES string of the molecule is CCN1CCC(CNC(C)c2ccc(C)c([N+](=O)[O-])c2)C1. The van der Waals surface area contributed by atoms with Crippen LogP contribution in [0.3, 0.4) is 0 Å². The minimum atomic E-state index is -0.304. The third-order valence-corrected chi connectivity index (χ3v) is 4.46. The first-order valence-electron chi connectivity index (χ1n) is 7.72. The topological polar surface area (TPSA) is 58.4 Å². The summed E-state index contributed by atoms with van der Waals surface area (Å²) >= 11 is 0. The van der Waals surface area contributed by atoms with Crippen molar-refractivity contribution in [1.82, 2.24) is 10.2 Å². The Morgan fingerprint density at radius 3 is 2.90 bits per heavy atom. The van der Waals surface area contributed by atoms with Crippen molar-refractivity contribution in [2.75, 3.05) is 26.2 Å². The van der Waals surface area contributed by atoms with E-state index in [0.717, 1.165) is 25.2 Å². The molecule has 1 heterocycles.